The maximum absolute atomic E-state index is 14.4. The van der Waals surface area contributed by atoms with Crippen LogP contribution in [0.3, 0.4) is 0 Å². The first kappa shape index (κ1) is 22.9. The largest absolute Gasteiger partial charge is 0.352 e. The van der Waals surface area contributed by atoms with Crippen LogP contribution in [0.15, 0.2) is 73.1 Å². The van der Waals surface area contributed by atoms with E-state index in [1.807, 2.05) is 56.0 Å². The molecule has 0 N–H and O–H groups in total. The van der Waals surface area contributed by atoms with Crippen LogP contribution in [0.1, 0.15) is 58.5 Å². The summed E-state index contributed by atoms with van der Waals surface area (Å²) in [4.78, 5) is 49.4. The van der Waals surface area contributed by atoms with E-state index in [0.29, 0.717) is 21.7 Å². The van der Waals surface area contributed by atoms with E-state index in [0.717, 1.165) is 11.3 Å². The highest BCUT2D eigenvalue weighted by Crippen LogP contribution is 2.61. The third-order valence-corrected chi connectivity index (χ3v) is 8.05. The Hall–Kier alpha value is -3.57. The van der Waals surface area contributed by atoms with Gasteiger partial charge in [0, 0.05) is 45.6 Å². The molecule has 1 aliphatic carbocycles. The van der Waals surface area contributed by atoms with Gasteiger partial charge in [0.15, 0.2) is 17.3 Å². The fourth-order valence-electron chi connectivity index (χ4n) is 6.32. The number of benzene rings is 2. The molecule has 2 aliphatic heterocycles. The van der Waals surface area contributed by atoms with Gasteiger partial charge in [0.05, 0.1) is 12.1 Å². The van der Waals surface area contributed by atoms with Crippen LogP contribution in [-0.4, -0.2) is 34.4 Å². The monoisotopic (exact) mass is 496 g/mol. The predicted molar refractivity (Wildman–Crippen MR) is 140 cm³/mol. The van der Waals surface area contributed by atoms with Crippen molar-refractivity contribution in [3.8, 4) is 0 Å². The number of Topliss-reactive ketones (excluding diaryl/α,β-unsaturated/α-hetero) is 3. The smallest absolute Gasteiger partial charge is 0.180 e. The Morgan fingerprint density at radius 2 is 1.69 bits per heavy atom. The average molecular weight is 497 g/mol. The molecular weight excluding hydrogens is 472 g/mol. The number of halogens is 1. The minimum Gasteiger partial charge on any atom is -0.352 e. The van der Waals surface area contributed by atoms with Crippen LogP contribution >= 0.6 is 11.6 Å². The van der Waals surface area contributed by atoms with Crippen LogP contribution in [0.4, 0.5) is 5.69 Å². The van der Waals surface area contributed by atoms with Crippen LogP contribution in [0.5, 0.6) is 0 Å². The maximum Gasteiger partial charge on any atom is 0.180 e. The molecule has 3 atom stereocenters. The van der Waals surface area contributed by atoms with Crippen molar-refractivity contribution in [1.82, 2.24) is 4.98 Å². The molecule has 6 heteroatoms. The summed E-state index contributed by atoms with van der Waals surface area (Å²) in [5.74, 6) is -1.23. The molecule has 1 fully saturated rings. The van der Waals surface area contributed by atoms with Crippen molar-refractivity contribution in [2.45, 2.75) is 38.8 Å². The Bertz CT molecular complexity index is 1440. The van der Waals surface area contributed by atoms with Crippen molar-refractivity contribution in [2.24, 2.45) is 10.8 Å². The van der Waals surface area contributed by atoms with Gasteiger partial charge in [0.25, 0.3) is 0 Å². The van der Waals surface area contributed by atoms with Gasteiger partial charge in [-0.1, -0.05) is 74.9 Å². The number of rotatable bonds is 2. The van der Waals surface area contributed by atoms with E-state index >= 15 is 0 Å². The summed E-state index contributed by atoms with van der Waals surface area (Å²) in [6.45, 7) is 5.64. The highest BCUT2D eigenvalue weighted by atomic mass is 35.5. The van der Waals surface area contributed by atoms with E-state index in [1.165, 1.54) is 0 Å². The number of hydrogen-bond donors (Lipinski definition) is 0. The molecule has 3 aromatic rings. The molecule has 1 aromatic heterocycles. The molecule has 5 nitrogen and oxygen atoms in total. The van der Waals surface area contributed by atoms with Gasteiger partial charge in [0.2, 0.25) is 0 Å². The topological polar surface area (TPSA) is 67.3 Å². The number of hydrogen-bond acceptors (Lipinski definition) is 5. The highest BCUT2D eigenvalue weighted by Gasteiger charge is 2.72. The molecule has 3 heterocycles. The number of carbonyl (C=O) groups is 3. The second kappa shape index (κ2) is 7.71. The molecule has 2 aromatic carbocycles. The molecule has 1 saturated heterocycles. The fourth-order valence-corrected chi connectivity index (χ4v) is 6.51. The molecular formula is C30H25ClN2O3. The Morgan fingerprint density at radius 3 is 2.31 bits per heavy atom. The second-order valence-corrected chi connectivity index (χ2v) is 11.2. The molecule has 0 amide bonds. The standard InChI is InChI=1S/C30H25ClN2O3/c1-29(2,3)28(36)25-24(18-7-6-14-32-16-18)30(26(34)20-8-4-5-9-21(20)27(30)35)23-13-10-17-15-19(31)11-12-22(17)33(23)25/h4-16,23-25H,1-3H3/t23-,24+,25+/m1/s1. The van der Waals surface area contributed by atoms with Crippen molar-refractivity contribution >= 4 is 40.7 Å². The Kier molecular flexibility index (Phi) is 4.90. The van der Waals surface area contributed by atoms with E-state index in [2.05, 4.69) is 4.98 Å². The number of fused-ring (bicyclic) bond motifs is 5. The molecule has 0 radical (unpaired) electrons. The summed E-state index contributed by atoms with van der Waals surface area (Å²) in [5, 5.41) is 0.577. The quantitative estimate of drug-likeness (QED) is 0.420. The van der Waals surface area contributed by atoms with Crippen LogP contribution < -0.4 is 4.90 Å². The summed E-state index contributed by atoms with van der Waals surface area (Å²) in [5.41, 5.74) is 0.956. The normalized spacial score (nSPS) is 23.6. The molecule has 1 spiro atoms. The minimum absolute atomic E-state index is 0.0361. The van der Waals surface area contributed by atoms with Crippen LogP contribution in [0, 0.1) is 10.8 Å². The van der Waals surface area contributed by atoms with Gasteiger partial charge < -0.3 is 4.90 Å². The van der Waals surface area contributed by atoms with Crippen LogP contribution in [0.2, 0.25) is 5.02 Å². The Balaban J connectivity index is 1.70. The highest BCUT2D eigenvalue weighted by molar-refractivity contribution is 6.32. The van der Waals surface area contributed by atoms with Gasteiger partial charge in [-0.2, -0.15) is 0 Å². The lowest BCUT2D eigenvalue weighted by Crippen LogP contribution is -2.49. The zero-order chi connectivity index (χ0) is 25.4. The molecule has 0 saturated carbocycles. The SMILES string of the molecule is CC(C)(C)C(=O)[C@@H]1[C@H](c2cccnc2)C2(C(=O)c3ccccc3C2=O)[C@H]2C=Cc3cc(Cl)ccc3N12. The second-order valence-electron chi connectivity index (χ2n) is 10.8. The van der Waals surface area contributed by atoms with E-state index in [-0.39, 0.29) is 17.3 Å². The van der Waals surface area contributed by atoms with Gasteiger partial charge in [-0.25, -0.2) is 0 Å². The van der Waals surface area contributed by atoms with E-state index in [1.54, 1.807) is 48.8 Å². The van der Waals surface area contributed by atoms with Crippen molar-refractivity contribution in [3.63, 3.8) is 0 Å². The van der Waals surface area contributed by atoms with E-state index < -0.39 is 28.8 Å². The lowest BCUT2D eigenvalue weighted by Gasteiger charge is -2.38. The minimum atomic E-state index is -1.49. The molecule has 36 heavy (non-hydrogen) atoms. The van der Waals surface area contributed by atoms with Crippen molar-refractivity contribution in [2.75, 3.05) is 4.90 Å². The van der Waals surface area contributed by atoms with Crippen molar-refractivity contribution < 1.29 is 14.4 Å². The van der Waals surface area contributed by atoms with Gasteiger partial charge >= 0.3 is 0 Å². The number of anilines is 1. The third-order valence-electron chi connectivity index (χ3n) is 7.82. The molecule has 6 rings (SSSR count). The molecule has 0 unspecified atom stereocenters. The van der Waals surface area contributed by atoms with Gasteiger partial charge in [-0.05, 0) is 35.4 Å². The number of pyridine rings is 1. The lowest BCUT2D eigenvalue weighted by molar-refractivity contribution is -0.127. The van der Waals surface area contributed by atoms with E-state index in [9.17, 15) is 14.4 Å². The summed E-state index contributed by atoms with van der Waals surface area (Å²) in [7, 11) is 0. The summed E-state index contributed by atoms with van der Waals surface area (Å²) in [6.07, 6.45) is 7.16. The predicted octanol–water partition coefficient (Wildman–Crippen LogP) is 5.78. The molecule has 0 bridgehead atoms. The lowest BCUT2D eigenvalue weighted by atomic mass is 9.63. The van der Waals surface area contributed by atoms with Gasteiger partial charge in [0.1, 0.15) is 5.41 Å². The van der Waals surface area contributed by atoms with Crippen LogP contribution in [0.25, 0.3) is 6.08 Å². The first-order valence-electron chi connectivity index (χ1n) is 12.1. The summed E-state index contributed by atoms with van der Waals surface area (Å²) < 4.78 is 0. The zero-order valence-corrected chi connectivity index (χ0v) is 21.0. The maximum atomic E-state index is 14.4. The van der Waals surface area contributed by atoms with Gasteiger partial charge in [-0.15, -0.1) is 0 Å². The number of carbonyl (C=O) groups excluding carboxylic acids is 3. The van der Waals surface area contributed by atoms with Crippen molar-refractivity contribution in [1.29, 1.82) is 0 Å². The number of nitrogens with zero attached hydrogens (tertiary/aromatic N) is 2. The first-order chi connectivity index (χ1) is 17.2. The Morgan fingerprint density at radius 1 is 1.00 bits per heavy atom. The zero-order valence-electron chi connectivity index (χ0n) is 20.2. The van der Waals surface area contributed by atoms with Crippen LogP contribution in [-0.2, 0) is 4.79 Å². The molecule has 180 valence electrons. The third kappa shape index (κ3) is 2.89. The number of aromatic nitrogens is 1. The summed E-state index contributed by atoms with van der Waals surface area (Å²) >= 11 is 6.31. The van der Waals surface area contributed by atoms with E-state index in [4.69, 9.17) is 11.6 Å². The average Bonchev–Trinajstić information content (AvgIpc) is 3.29. The molecule has 3 aliphatic rings. The first-order valence-corrected chi connectivity index (χ1v) is 12.4. The van der Waals surface area contributed by atoms with Crippen molar-refractivity contribution in [3.05, 3.63) is 100 Å². The van der Waals surface area contributed by atoms with Gasteiger partial charge in [-0.3, -0.25) is 19.4 Å². The fraction of sp³-hybridized carbons (Fsp3) is 0.267. The number of ketones is 3. The Labute approximate surface area is 214 Å². The summed E-state index contributed by atoms with van der Waals surface area (Å²) in [6, 6.07) is 14.8.